The fourth-order valence-corrected chi connectivity index (χ4v) is 9.80. The number of allylic oxidation sites excluding steroid dienone is 2. The highest BCUT2D eigenvalue weighted by Crippen LogP contribution is 2.64. The van der Waals surface area contributed by atoms with Crippen molar-refractivity contribution in [3.05, 3.63) is 112 Å². The van der Waals surface area contributed by atoms with Crippen molar-refractivity contribution in [2.45, 2.75) is 51.5 Å². The van der Waals surface area contributed by atoms with Gasteiger partial charge in [0.2, 0.25) is 0 Å². The summed E-state index contributed by atoms with van der Waals surface area (Å²) >= 11 is 0. The van der Waals surface area contributed by atoms with Crippen molar-refractivity contribution in [3.63, 3.8) is 0 Å². The summed E-state index contributed by atoms with van der Waals surface area (Å²) in [5.41, 5.74) is 6.26. The average molecular weight is 526 g/mol. The molecule has 38 heavy (non-hydrogen) atoms. The quantitative estimate of drug-likeness (QED) is 0.375. The van der Waals surface area contributed by atoms with Crippen molar-refractivity contribution < 1.29 is 13.2 Å². The lowest BCUT2D eigenvalue weighted by Crippen LogP contribution is -2.36. The molecule has 3 aliphatic rings. The Labute approximate surface area is 226 Å². The highest BCUT2D eigenvalue weighted by Gasteiger charge is 2.63. The monoisotopic (exact) mass is 525 g/mol. The van der Waals surface area contributed by atoms with Crippen molar-refractivity contribution in [2.24, 2.45) is 29.6 Å². The van der Waals surface area contributed by atoms with Crippen LogP contribution in [0.3, 0.4) is 0 Å². The van der Waals surface area contributed by atoms with Crippen LogP contribution in [0.1, 0.15) is 55.0 Å². The summed E-state index contributed by atoms with van der Waals surface area (Å²) in [7, 11) is -3.87. The number of carbonyl (C=O) groups is 1. The summed E-state index contributed by atoms with van der Waals surface area (Å²) < 4.78 is 30.7. The Morgan fingerprint density at radius 1 is 0.658 bits per heavy atom. The molecule has 1 aliphatic heterocycles. The number of rotatable bonds is 4. The number of sulfonamides is 1. The van der Waals surface area contributed by atoms with Crippen LogP contribution in [-0.4, -0.2) is 18.5 Å². The molecule has 2 aliphatic carbocycles. The van der Waals surface area contributed by atoms with Gasteiger partial charge in [-0.05, 0) is 72.6 Å². The first-order valence-corrected chi connectivity index (χ1v) is 15.0. The number of fused-ring (bicyclic) bond motifs is 4. The summed E-state index contributed by atoms with van der Waals surface area (Å²) in [6.07, 6.45) is 0. The molecule has 0 spiro atoms. The molecular weight excluding hydrogens is 490 g/mol. The zero-order valence-electron chi connectivity index (χ0n) is 22.6. The van der Waals surface area contributed by atoms with Gasteiger partial charge in [0.25, 0.3) is 10.0 Å². The molecule has 5 unspecified atom stereocenters. The van der Waals surface area contributed by atoms with Gasteiger partial charge in [0.05, 0.1) is 10.9 Å². The number of aryl methyl sites for hydroxylation is 2. The predicted molar refractivity (Wildman–Crippen MR) is 150 cm³/mol. The van der Waals surface area contributed by atoms with E-state index in [9.17, 15) is 13.2 Å². The summed E-state index contributed by atoms with van der Waals surface area (Å²) in [5.74, 6) is -0.258. The van der Waals surface area contributed by atoms with Crippen molar-refractivity contribution in [3.8, 4) is 0 Å². The standard InChI is InChI=1S/C33H35NO3S/c1-19-13-9-11-17-25(19)27-21(3)29-28-22(4)31(26-18-12-10-14-20(26)2)34(32(28)23(5)30(27)33(29)35)38(36,37)24-15-7-6-8-16-24/h6-18,21-22,27-31H,1-5H3/t21?,22-,27?,28?,29?,30?,31-/m0/s1. The zero-order valence-corrected chi connectivity index (χ0v) is 23.4. The van der Waals surface area contributed by atoms with Gasteiger partial charge >= 0.3 is 0 Å². The SMILES string of the molecule is CC1=C2C(C3C(=O)C1C(c1ccccc1C)C3C)[C@H](C)[C@@H](c1ccccc1C)N2S(=O)(=O)c1ccccc1. The second-order valence-electron chi connectivity index (χ2n) is 11.5. The lowest BCUT2D eigenvalue weighted by Gasteiger charge is -2.34. The maximum absolute atomic E-state index is 14.5. The molecule has 3 aromatic rings. The van der Waals surface area contributed by atoms with E-state index in [4.69, 9.17) is 0 Å². The Kier molecular flexibility index (Phi) is 5.91. The van der Waals surface area contributed by atoms with E-state index in [2.05, 4.69) is 39.0 Å². The fourth-order valence-electron chi connectivity index (χ4n) is 7.94. The summed E-state index contributed by atoms with van der Waals surface area (Å²) in [6.45, 7) is 10.5. The van der Waals surface area contributed by atoms with Crippen LogP contribution in [0.2, 0.25) is 0 Å². The number of Topliss-reactive ketones (excluding diaryl/α,β-unsaturated/α-hetero) is 1. The van der Waals surface area contributed by atoms with Gasteiger partial charge in [-0.25, -0.2) is 8.42 Å². The average Bonchev–Trinajstić information content (AvgIpc) is 3.31. The molecule has 2 bridgehead atoms. The molecule has 2 fully saturated rings. The van der Waals surface area contributed by atoms with E-state index in [0.29, 0.717) is 4.90 Å². The fraction of sp³-hybridized carbons (Fsp3) is 0.364. The smallest absolute Gasteiger partial charge is 0.264 e. The number of ketones is 1. The first kappa shape index (κ1) is 25.1. The molecule has 3 aromatic carbocycles. The molecule has 6 rings (SSSR count). The topological polar surface area (TPSA) is 54.5 Å². The van der Waals surface area contributed by atoms with E-state index in [1.165, 1.54) is 11.1 Å². The van der Waals surface area contributed by atoms with Crippen LogP contribution in [0.4, 0.5) is 0 Å². The van der Waals surface area contributed by atoms with Gasteiger partial charge in [0.15, 0.2) is 0 Å². The highest BCUT2D eigenvalue weighted by atomic mass is 32.2. The number of benzene rings is 3. The summed E-state index contributed by atoms with van der Waals surface area (Å²) in [4.78, 5) is 14.4. The van der Waals surface area contributed by atoms with E-state index in [1.807, 2.05) is 50.2 Å². The molecule has 0 aromatic heterocycles. The van der Waals surface area contributed by atoms with Gasteiger partial charge in [0.1, 0.15) is 5.78 Å². The second-order valence-corrected chi connectivity index (χ2v) is 13.3. The number of hydrogen-bond donors (Lipinski definition) is 0. The number of carbonyl (C=O) groups excluding carboxylic acids is 1. The van der Waals surface area contributed by atoms with Crippen LogP contribution in [-0.2, 0) is 14.8 Å². The van der Waals surface area contributed by atoms with E-state index < -0.39 is 10.0 Å². The molecule has 1 saturated heterocycles. The van der Waals surface area contributed by atoms with Gasteiger partial charge in [-0.15, -0.1) is 0 Å². The van der Waals surface area contributed by atoms with Gasteiger partial charge in [-0.2, -0.15) is 0 Å². The van der Waals surface area contributed by atoms with E-state index >= 15 is 0 Å². The minimum atomic E-state index is -3.87. The summed E-state index contributed by atoms with van der Waals surface area (Å²) in [6, 6.07) is 24.8. The zero-order chi connectivity index (χ0) is 26.9. The third kappa shape index (κ3) is 3.40. The van der Waals surface area contributed by atoms with Gasteiger partial charge in [-0.1, -0.05) is 80.6 Å². The van der Waals surface area contributed by atoms with Crippen molar-refractivity contribution >= 4 is 15.8 Å². The Morgan fingerprint density at radius 2 is 1.21 bits per heavy atom. The van der Waals surface area contributed by atoms with Gasteiger partial charge < -0.3 is 0 Å². The minimum Gasteiger partial charge on any atom is -0.299 e. The molecule has 1 heterocycles. The van der Waals surface area contributed by atoms with Crippen molar-refractivity contribution in [1.82, 2.24) is 4.31 Å². The largest absolute Gasteiger partial charge is 0.299 e. The van der Waals surface area contributed by atoms with Crippen molar-refractivity contribution in [2.75, 3.05) is 0 Å². The first-order chi connectivity index (χ1) is 18.2. The Hall–Kier alpha value is -3.18. The van der Waals surface area contributed by atoms with Gasteiger partial charge in [-0.3, -0.25) is 9.10 Å². The Bertz CT molecular complexity index is 1560. The lowest BCUT2D eigenvalue weighted by atomic mass is 9.71. The molecular formula is C33H35NO3S. The lowest BCUT2D eigenvalue weighted by molar-refractivity contribution is -0.125. The van der Waals surface area contributed by atoms with Crippen LogP contribution >= 0.6 is 0 Å². The second kappa shape index (κ2) is 8.94. The molecule has 196 valence electrons. The van der Waals surface area contributed by atoms with Crippen molar-refractivity contribution in [1.29, 1.82) is 0 Å². The van der Waals surface area contributed by atoms with Crippen LogP contribution < -0.4 is 0 Å². The van der Waals surface area contributed by atoms with Crippen LogP contribution in [0.5, 0.6) is 0 Å². The third-order valence-electron chi connectivity index (χ3n) is 9.61. The van der Waals surface area contributed by atoms with Crippen LogP contribution in [0, 0.1) is 43.4 Å². The minimum absolute atomic E-state index is 0.0486. The van der Waals surface area contributed by atoms with Crippen LogP contribution in [0.25, 0.3) is 0 Å². The maximum atomic E-state index is 14.5. The Balaban J connectivity index is 1.61. The first-order valence-electron chi connectivity index (χ1n) is 13.6. The maximum Gasteiger partial charge on any atom is 0.264 e. The summed E-state index contributed by atoms with van der Waals surface area (Å²) in [5, 5.41) is 0. The Morgan fingerprint density at radius 3 is 1.82 bits per heavy atom. The third-order valence-corrected chi connectivity index (χ3v) is 11.4. The molecule has 4 nitrogen and oxygen atoms in total. The van der Waals surface area contributed by atoms with E-state index in [-0.39, 0.29) is 47.3 Å². The molecule has 5 heteroatoms. The van der Waals surface area contributed by atoms with Gasteiger partial charge in [0, 0.05) is 29.4 Å². The number of nitrogens with zero attached hydrogens (tertiary/aromatic N) is 1. The predicted octanol–water partition coefficient (Wildman–Crippen LogP) is 6.82. The highest BCUT2D eigenvalue weighted by molar-refractivity contribution is 7.89. The number of hydrogen-bond acceptors (Lipinski definition) is 3. The molecule has 7 atom stereocenters. The normalized spacial score (nSPS) is 30.6. The molecule has 1 saturated carbocycles. The van der Waals surface area contributed by atoms with Crippen LogP contribution in [0.15, 0.2) is 95.0 Å². The van der Waals surface area contributed by atoms with E-state index in [1.54, 1.807) is 28.6 Å². The molecule has 0 N–H and O–H groups in total. The van der Waals surface area contributed by atoms with E-state index in [0.717, 1.165) is 22.4 Å². The molecule has 0 radical (unpaired) electrons. The molecule has 0 amide bonds.